The Morgan fingerprint density at radius 1 is 1.46 bits per heavy atom. The highest BCUT2D eigenvalue weighted by atomic mass is 32.2. The monoisotopic (exact) mass is 193 g/mol. The van der Waals surface area contributed by atoms with Crippen LogP contribution in [0.1, 0.15) is 22.8 Å². The Hall–Kier alpha value is -0.470. The van der Waals surface area contributed by atoms with E-state index in [0.717, 1.165) is 12.2 Å². The quantitative estimate of drug-likeness (QED) is 0.741. The lowest BCUT2D eigenvalue weighted by Crippen LogP contribution is -2.17. The molecule has 1 aromatic rings. The van der Waals surface area contributed by atoms with Gasteiger partial charge in [0, 0.05) is 17.0 Å². The molecule has 0 amide bonds. The van der Waals surface area contributed by atoms with E-state index in [2.05, 4.69) is 31.2 Å². The summed E-state index contributed by atoms with van der Waals surface area (Å²) in [6.07, 6.45) is 1.13. The van der Waals surface area contributed by atoms with Crippen LogP contribution in [0, 0.1) is 6.92 Å². The maximum atomic E-state index is 5.88. The first-order valence-electron chi connectivity index (χ1n) is 4.69. The second-order valence-corrected chi connectivity index (χ2v) is 4.97. The largest absolute Gasteiger partial charge is 0.327 e. The molecule has 0 aliphatic carbocycles. The molecule has 1 aromatic carbocycles. The maximum absolute atomic E-state index is 5.88. The van der Waals surface area contributed by atoms with E-state index in [1.54, 1.807) is 0 Å². The van der Waals surface area contributed by atoms with Crippen LogP contribution in [0.2, 0.25) is 0 Å². The van der Waals surface area contributed by atoms with E-state index < -0.39 is 0 Å². The first kappa shape index (κ1) is 9.10. The lowest BCUT2D eigenvalue weighted by atomic mass is 10.0. The molecular formula is C11H15NS. The van der Waals surface area contributed by atoms with Crippen molar-refractivity contribution in [2.45, 2.75) is 24.6 Å². The van der Waals surface area contributed by atoms with E-state index in [9.17, 15) is 0 Å². The van der Waals surface area contributed by atoms with Crippen molar-refractivity contribution in [2.75, 3.05) is 5.75 Å². The number of aryl methyl sites for hydroxylation is 1. The average molecular weight is 193 g/mol. The molecule has 0 radical (unpaired) electrons. The predicted octanol–water partition coefficient (Wildman–Crippen LogP) is 2.50. The van der Waals surface area contributed by atoms with Crippen molar-refractivity contribution in [3.63, 3.8) is 0 Å². The van der Waals surface area contributed by atoms with E-state index in [1.807, 2.05) is 11.8 Å². The summed E-state index contributed by atoms with van der Waals surface area (Å²) in [5, 5.41) is 0.634. The third kappa shape index (κ3) is 2.06. The normalized spacial score (nSPS) is 27.8. The second kappa shape index (κ2) is 3.72. The van der Waals surface area contributed by atoms with E-state index in [1.165, 1.54) is 11.1 Å². The number of thioether (sulfide) groups is 1. The molecule has 0 saturated carbocycles. The van der Waals surface area contributed by atoms with Crippen LogP contribution < -0.4 is 5.73 Å². The van der Waals surface area contributed by atoms with Crippen molar-refractivity contribution in [2.24, 2.45) is 5.73 Å². The first-order chi connectivity index (χ1) is 6.25. The lowest BCUT2D eigenvalue weighted by Gasteiger charge is -2.09. The van der Waals surface area contributed by atoms with Crippen LogP contribution in [-0.2, 0) is 0 Å². The third-order valence-electron chi connectivity index (χ3n) is 2.44. The number of hydrogen-bond donors (Lipinski definition) is 1. The van der Waals surface area contributed by atoms with Crippen LogP contribution in [0.25, 0.3) is 0 Å². The highest BCUT2D eigenvalue weighted by Crippen LogP contribution is 2.39. The molecule has 1 fully saturated rings. The van der Waals surface area contributed by atoms with E-state index in [4.69, 9.17) is 5.73 Å². The van der Waals surface area contributed by atoms with Gasteiger partial charge in [-0.15, -0.1) is 0 Å². The number of benzene rings is 1. The minimum absolute atomic E-state index is 0.399. The molecule has 0 aromatic heterocycles. The molecule has 1 nitrogen and oxygen atoms in total. The van der Waals surface area contributed by atoms with Crippen LogP contribution in [0.15, 0.2) is 24.3 Å². The zero-order chi connectivity index (χ0) is 9.26. The number of hydrogen-bond acceptors (Lipinski definition) is 2. The number of nitrogens with two attached hydrogens (primary N) is 1. The minimum Gasteiger partial charge on any atom is -0.327 e. The minimum atomic E-state index is 0.399. The zero-order valence-electron chi connectivity index (χ0n) is 7.86. The van der Waals surface area contributed by atoms with E-state index in [0.29, 0.717) is 11.3 Å². The highest BCUT2D eigenvalue weighted by Gasteiger charge is 2.23. The zero-order valence-corrected chi connectivity index (χ0v) is 8.68. The molecule has 2 heteroatoms. The Morgan fingerprint density at radius 2 is 2.31 bits per heavy atom. The Morgan fingerprint density at radius 3 is 2.92 bits per heavy atom. The SMILES string of the molecule is Cc1cccc(C2CC(N)CS2)c1. The van der Waals surface area contributed by atoms with Crippen LogP contribution in [0.4, 0.5) is 0 Å². The van der Waals surface area contributed by atoms with Gasteiger partial charge < -0.3 is 5.73 Å². The smallest absolute Gasteiger partial charge is 0.0312 e. The van der Waals surface area contributed by atoms with E-state index >= 15 is 0 Å². The molecule has 2 atom stereocenters. The lowest BCUT2D eigenvalue weighted by molar-refractivity contribution is 0.699. The van der Waals surface area contributed by atoms with Gasteiger partial charge in [-0.25, -0.2) is 0 Å². The molecule has 0 spiro atoms. The van der Waals surface area contributed by atoms with Gasteiger partial charge in [0.15, 0.2) is 0 Å². The summed E-state index contributed by atoms with van der Waals surface area (Å²) in [6, 6.07) is 9.16. The summed E-state index contributed by atoms with van der Waals surface area (Å²) in [5.74, 6) is 1.11. The van der Waals surface area contributed by atoms with Gasteiger partial charge in [-0.3, -0.25) is 0 Å². The van der Waals surface area contributed by atoms with Gasteiger partial charge in [0.2, 0.25) is 0 Å². The second-order valence-electron chi connectivity index (χ2n) is 3.73. The van der Waals surface area contributed by atoms with Gasteiger partial charge in [0.05, 0.1) is 0 Å². The predicted molar refractivity (Wildman–Crippen MR) is 59.0 cm³/mol. The Kier molecular flexibility index (Phi) is 2.61. The Labute approximate surface area is 83.7 Å². The summed E-state index contributed by atoms with van der Waals surface area (Å²) in [5.41, 5.74) is 8.67. The van der Waals surface area contributed by atoms with Gasteiger partial charge in [-0.05, 0) is 18.9 Å². The van der Waals surface area contributed by atoms with Gasteiger partial charge in [0.1, 0.15) is 0 Å². The van der Waals surface area contributed by atoms with Crippen molar-refractivity contribution in [3.8, 4) is 0 Å². The average Bonchev–Trinajstić information content (AvgIpc) is 2.52. The van der Waals surface area contributed by atoms with Gasteiger partial charge in [-0.1, -0.05) is 29.8 Å². The summed E-state index contributed by atoms with van der Waals surface area (Å²) in [6.45, 7) is 2.14. The molecule has 1 heterocycles. The fourth-order valence-electron chi connectivity index (χ4n) is 1.75. The molecule has 1 aliphatic heterocycles. The van der Waals surface area contributed by atoms with Crippen molar-refractivity contribution in [1.82, 2.24) is 0 Å². The van der Waals surface area contributed by atoms with Crippen LogP contribution in [-0.4, -0.2) is 11.8 Å². The number of rotatable bonds is 1. The third-order valence-corrected chi connectivity index (χ3v) is 3.93. The summed E-state index contributed by atoms with van der Waals surface area (Å²) in [7, 11) is 0. The molecular weight excluding hydrogens is 178 g/mol. The first-order valence-corrected chi connectivity index (χ1v) is 5.74. The van der Waals surface area contributed by atoms with Crippen LogP contribution >= 0.6 is 11.8 Å². The highest BCUT2D eigenvalue weighted by molar-refractivity contribution is 7.99. The standard InChI is InChI=1S/C11H15NS/c1-8-3-2-4-9(5-8)11-6-10(12)7-13-11/h2-5,10-11H,6-7,12H2,1H3. The van der Waals surface area contributed by atoms with Crippen LogP contribution in [0.3, 0.4) is 0 Å². The summed E-state index contributed by atoms with van der Waals surface area (Å²) >= 11 is 1.99. The summed E-state index contributed by atoms with van der Waals surface area (Å²) in [4.78, 5) is 0. The summed E-state index contributed by atoms with van der Waals surface area (Å²) < 4.78 is 0. The molecule has 0 bridgehead atoms. The van der Waals surface area contributed by atoms with Gasteiger partial charge in [0.25, 0.3) is 0 Å². The van der Waals surface area contributed by atoms with Crippen molar-refractivity contribution >= 4 is 11.8 Å². The van der Waals surface area contributed by atoms with Crippen molar-refractivity contribution < 1.29 is 0 Å². The molecule has 2 N–H and O–H groups in total. The van der Waals surface area contributed by atoms with Crippen molar-refractivity contribution in [3.05, 3.63) is 35.4 Å². The molecule has 2 rings (SSSR count). The molecule has 2 unspecified atom stereocenters. The van der Waals surface area contributed by atoms with Crippen molar-refractivity contribution in [1.29, 1.82) is 0 Å². The Bertz CT molecular complexity index is 298. The van der Waals surface area contributed by atoms with Gasteiger partial charge >= 0.3 is 0 Å². The van der Waals surface area contributed by atoms with Gasteiger partial charge in [-0.2, -0.15) is 11.8 Å². The molecule has 1 aliphatic rings. The molecule has 13 heavy (non-hydrogen) atoms. The van der Waals surface area contributed by atoms with Crippen LogP contribution in [0.5, 0.6) is 0 Å². The fourth-order valence-corrected chi connectivity index (χ4v) is 3.09. The molecule has 70 valence electrons. The molecule has 1 saturated heterocycles. The topological polar surface area (TPSA) is 26.0 Å². The fraction of sp³-hybridized carbons (Fsp3) is 0.455. The Balaban J connectivity index is 2.16. The van der Waals surface area contributed by atoms with E-state index in [-0.39, 0.29) is 0 Å². The maximum Gasteiger partial charge on any atom is 0.0312 e.